The second-order valence-electron chi connectivity index (χ2n) is 8.43. The Bertz CT molecular complexity index is 1250. The van der Waals surface area contributed by atoms with E-state index < -0.39 is 17.7 Å². The zero-order chi connectivity index (χ0) is 23.9. The van der Waals surface area contributed by atoms with Crippen LogP contribution in [0.4, 0.5) is 5.69 Å². The molecule has 0 saturated carbocycles. The molecule has 0 spiro atoms. The highest BCUT2D eigenvalue weighted by Gasteiger charge is 2.42. The van der Waals surface area contributed by atoms with E-state index in [2.05, 4.69) is 10.3 Å². The highest BCUT2D eigenvalue weighted by Crippen LogP contribution is 2.35. The Hall–Kier alpha value is -4.27. The minimum atomic E-state index is -1.33. The van der Waals surface area contributed by atoms with Crippen LogP contribution in [0.25, 0.3) is 11.3 Å². The first-order valence-electron chi connectivity index (χ1n) is 10.7. The molecule has 1 aromatic heterocycles. The third-order valence-electron chi connectivity index (χ3n) is 5.64. The van der Waals surface area contributed by atoms with Gasteiger partial charge in [-0.15, -0.1) is 0 Å². The molecule has 1 saturated heterocycles. The lowest BCUT2D eigenvalue weighted by atomic mass is 10.1. The Morgan fingerprint density at radius 1 is 1.06 bits per heavy atom. The van der Waals surface area contributed by atoms with Crippen LogP contribution >= 0.6 is 0 Å². The number of oxazole rings is 1. The van der Waals surface area contributed by atoms with Crippen LogP contribution in [0, 0.1) is 0 Å². The maximum atomic E-state index is 12.9. The molecule has 0 radical (unpaired) electrons. The van der Waals surface area contributed by atoms with Gasteiger partial charge < -0.3 is 28.8 Å². The molecular formula is C25H23N3O6. The van der Waals surface area contributed by atoms with Crippen LogP contribution in [-0.4, -0.2) is 34.7 Å². The van der Waals surface area contributed by atoms with Crippen molar-refractivity contribution in [1.82, 2.24) is 9.88 Å². The monoisotopic (exact) mass is 461 g/mol. The number of anilines is 1. The minimum absolute atomic E-state index is 0.189. The maximum Gasteiger partial charge on any atom is 0.352 e. The first kappa shape index (κ1) is 21.6. The number of hydrogen-bond acceptors (Lipinski definition) is 9. The van der Waals surface area contributed by atoms with Crippen LogP contribution < -0.4 is 10.1 Å². The first-order valence-corrected chi connectivity index (χ1v) is 10.7. The standard InChI is InChI=1S/C25H23N3O6/c1-25(2)33-23(29)21(24(30)34-25)22(28-12-15-6-4-5-7-16(15)13-28)27-17-8-9-18(19(10-17)31-3)20-11-26-14-32-20/h4-11,14,27H,12-13H2,1-3H3. The molecule has 0 unspecified atom stereocenters. The lowest BCUT2D eigenvalue weighted by Gasteiger charge is -2.33. The number of nitrogens with zero attached hydrogens (tertiary/aromatic N) is 2. The predicted molar refractivity (Wildman–Crippen MR) is 121 cm³/mol. The van der Waals surface area contributed by atoms with Crippen molar-refractivity contribution in [2.75, 3.05) is 12.4 Å². The summed E-state index contributed by atoms with van der Waals surface area (Å²) in [5.74, 6) is -1.44. The van der Waals surface area contributed by atoms with E-state index in [0.29, 0.717) is 41.7 Å². The Labute approximate surface area is 195 Å². The van der Waals surface area contributed by atoms with Gasteiger partial charge in [0, 0.05) is 38.7 Å². The van der Waals surface area contributed by atoms with Crippen LogP contribution in [0.15, 0.2) is 70.9 Å². The number of nitrogens with one attached hydrogen (secondary N) is 1. The van der Waals surface area contributed by atoms with E-state index in [1.165, 1.54) is 20.2 Å². The maximum absolute atomic E-state index is 12.9. The third-order valence-corrected chi connectivity index (χ3v) is 5.64. The molecule has 9 nitrogen and oxygen atoms in total. The van der Waals surface area contributed by atoms with E-state index in [-0.39, 0.29) is 5.57 Å². The smallest absolute Gasteiger partial charge is 0.352 e. The van der Waals surface area contributed by atoms with Crippen LogP contribution in [0.5, 0.6) is 5.75 Å². The SMILES string of the molecule is COc1cc(NC(=C2C(=O)OC(C)(C)OC2=O)N2Cc3ccccc3C2)ccc1-c1cnco1. The highest BCUT2D eigenvalue weighted by molar-refractivity contribution is 6.16. The average Bonchev–Trinajstić information content (AvgIpc) is 3.47. The van der Waals surface area contributed by atoms with Gasteiger partial charge in [-0.3, -0.25) is 0 Å². The molecule has 34 heavy (non-hydrogen) atoms. The second-order valence-corrected chi connectivity index (χ2v) is 8.43. The summed E-state index contributed by atoms with van der Waals surface area (Å²) in [5, 5.41) is 3.24. The number of rotatable bonds is 5. The van der Waals surface area contributed by atoms with E-state index in [0.717, 1.165) is 11.1 Å². The van der Waals surface area contributed by atoms with Gasteiger partial charge >= 0.3 is 11.9 Å². The van der Waals surface area contributed by atoms with Crippen LogP contribution in [0.3, 0.4) is 0 Å². The van der Waals surface area contributed by atoms with Crippen molar-refractivity contribution in [1.29, 1.82) is 0 Å². The lowest BCUT2D eigenvalue weighted by Crippen LogP contribution is -2.44. The molecule has 0 atom stereocenters. The minimum Gasteiger partial charge on any atom is -0.496 e. The number of cyclic esters (lactones) is 2. The van der Waals surface area contributed by atoms with E-state index in [1.807, 2.05) is 35.2 Å². The van der Waals surface area contributed by atoms with Gasteiger partial charge in [-0.1, -0.05) is 24.3 Å². The highest BCUT2D eigenvalue weighted by atomic mass is 16.7. The van der Waals surface area contributed by atoms with Crippen molar-refractivity contribution in [2.24, 2.45) is 0 Å². The number of fused-ring (bicyclic) bond motifs is 1. The molecule has 1 N–H and O–H groups in total. The largest absolute Gasteiger partial charge is 0.496 e. The van der Waals surface area contributed by atoms with Crippen molar-refractivity contribution in [3.05, 3.63) is 77.6 Å². The van der Waals surface area contributed by atoms with Gasteiger partial charge in [0.2, 0.25) is 0 Å². The lowest BCUT2D eigenvalue weighted by molar-refractivity contribution is -0.222. The first-order chi connectivity index (χ1) is 16.3. The third kappa shape index (κ3) is 3.96. The summed E-state index contributed by atoms with van der Waals surface area (Å²) in [6.07, 6.45) is 2.94. The molecule has 0 amide bonds. The van der Waals surface area contributed by atoms with Crippen molar-refractivity contribution >= 4 is 17.6 Å². The molecule has 2 aliphatic rings. The fraction of sp³-hybridized carbons (Fsp3) is 0.240. The van der Waals surface area contributed by atoms with E-state index >= 15 is 0 Å². The molecule has 0 bridgehead atoms. The van der Waals surface area contributed by atoms with Crippen LogP contribution in [0.2, 0.25) is 0 Å². The van der Waals surface area contributed by atoms with Gasteiger partial charge in [0.1, 0.15) is 11.6 Å². The summed E-state index contributed by atoms with van der Waals surface area (Å²) in [4.78, 5) is 31.7. The van der Waals surface area contributed by atoms with Gasteiger partial charge in [0.05, 0.1) is 18.9 Å². The molecule has 2 aliphatic heterocycles. The van der Waals surface area contributed by atoms with E-state index in [9.17, 15) is 9.59 Å². The zero-order valence-electron chi connectivity index (χ0n) is 19.0. The predicted octanol–water partition coefficient (Wildman–Crippen LogP) is 3.83. The number of benzene rings is 2. The topological polar surface area (TPSA) is 103 Å². The molecule has 174 valence electrons. The molecule has 0 aliphatic carbocycles. The van der Waals surface area contributed by atoms with Gasteiger partial charge in [0.15, 0.2) is 17.7 Å². The Morgan fingerprint density at radius 2 is 1.74 bits per heavy atom. The summed E-state index contributed by atoms with van der Waals surface area (Å²) >= 11 is 0. The number of hydrogen-bond donors (Lipinski definition) is 1. The fourth-order valence-electron chi connectivity index (χ4n) is 4.10. The molecule has 3 heterocycles. The Morgan fingerprint density at radius 3 is 2.32 bits per heavy atom. The van der Waals surface area contributed by atoms with Gasteiger partial charge in [0.25, 0.3) is 5.79 Å². The molecule has 9 heteroatoms. The number of carbonyl (C=O) groups is 2. The molecular weight excluding hydrogens is 438 g/mol. The number of ether oxygens (including phenoxy) is 3. The number of methoxy groups -OCH3 is 1. The van der Waals surface area contributed by atoms with Crippen molar-refractivity contribution in [3.8, 4) is 17.1 Å². The molecule has 5 rings (SSSR count). The van der Waals surface area contributed by atoms with Crippen LogP contribution in [-0.2, 0) is 32.2 Å². The molecule has 2 aromatic carbocycles. The summed E-state index contributed by atoms with van der Waals surface area (Å²) in [5.41, 5.74) is 3.35. The van der Waals surface area contributed by atoms with Crippen molar-refractivity contribution in [3.63, 3.8) is 0 Å². The summed E-state index contributed by atoms with van der Waals surface area (Å²) in [6, 6.07) is 13.3. The van der Waals surface area contributed by atoms with Gasteiger partial charge in [-0.2, -0.15) is 0 Å². The quantitative estimate of drug-likeness (QED) is 0.345. The van der Waals surface area contributed by atoms with E-state index in [1.54, 1.807) is 25.4 Å². The zero-order valence-corrected chi connectivity index (χ0v) is 19.0. The summed E-state index contributed by atoms with van der Waals surface area (Å²) in [6.45, 7) is 4.06. The van der Waals surface area contributed by atoms with Gasteiger partial charge in [-0.25, -0.2) is 14.6 Å². The van der Waals surface area contributed by atoms with Crippen molar-refractivity contribution < 1.29 is 28.2 Å². The molecule has 3 aromatic rings. The normalized spacial score (nSPS) is 16.6. The van der Waals surface area contributed by atoms with Crippen LogP contribution in [0.1, 0.15) is 25.0 Å². The molecule has 1 fully saturated rings. The van der Waals surface area contributed by atoms with Crippen molar-refractivity contribution in [2.45, 2.75) is 32.7 Å². The Kier molecular flexibility index (Phi) is 5.24. The number of esters is 2. The number of carbonyl (C=O) groups excluding carboxylic acids is 2. The second kappa shape index (κ2) is 8.26. The summed E-state index contributed by atoms with van der Waals surface area (Å²) < 4.78 is 21.7. The fourth-order valence-corrected chi connectivity index (χ4v) is 4.10. The van der Waals surface area contributed by atoms with Gasteiger partial charge in [-0.05, 0) is 23.3 Å². The Balaban J connectivity index is 1.55. The summed E-state index contributed by atoms with van der Waals surface area (Å²) in [7, 11) is 1.55. The average molecular weight is 461 g/mol. The van der Waals surface area contributed by atoms with E-state index in [4.69, 9.17) is 18.6 Å². The number of aromatic nitrogens is 1.